The molecule has 2 atom stereocenters. The average molecular weight is 279 g/mol. The summed E-state index contributed by atoms with van der Waals surface area (Å²) in [7, 11) is 0. The molecule has 0 saturated heterocycles. The van der Waals surface area contributed by atoms with Crippen LogP contribution in [0, 0.1) is 17.6 Å². The van der Waals surface area contributed by atoms with Gasteiger partial charge >= 0.3 is 0 Å². The molecule has 0 radical (unpaired) electrons. The van der Waals surface area contributed by atoms with Gasteiger partial charge in [-0.05, 0) is 42.0 Å². The van der Waals surface area contributed by atoms with Gasteiger partial charge in [-0.2, -0.15) is 0 Å². The molecule has 19 heavy (non-hydrogen) atoms. The number of benzene rings is 2. The summed E-state index contributed by atoms with van der Waals surface area (Å²) in [5, 5.41) is -0.171. The maximum atomic E-state index is 13.7. The van der Waals surface area contributed by atoms with Crippen molar-refractivity contribution in [1.29, 1.82) is 0 Å². The molecule has 0 aromatic heterocycles. The largest absolute Gasteiger partial charge is 0.207 e. The van der Waals surface area contributed by atoms with Crippen LogP contribution in [0.3, 0.4) is 0 Å². The predicted molar refractivity (Wildman–Crippen MR) is 72.3 cm³/mol. The SMILES string of the molecule is Fc1cccc(F)c1CC1Cc2ccccc2C1Cl. The van der Waals surface area contributed by atoms with Crippen LogP contribution in [0.5, 0.6) is 0 Å². The summed E-state index contributed by atoms with van der Waals surface area (Å²) < 4.78 is 27.4. The fourth-order valence-electron chi connectivity index (χ4n) is 2.79. The molecular formula is C16H13ClF2. The van der Waals surface area contributed by atoms with Gasteiger partial charge in [-0.3, -0.25) is 0 Å². The average Bonchev–Trinajstić information content (AvgIpc) is 2.72. The molecule has 2 aromatic rings. The van der Waals surface area contributed by atoms with Gasteiger partial charge in [0.1, 0.15) is 11.6 Å². The van der Waals surface area contributed by atoms with E-state index in [2.05, 4.69) is 0 Å². The van der Waals surface area contributed by atoms with Crippen LogP contribution in [0.2, 0.25) is 0 Å². The first-order chi connectivity index (χ1) is 9.16. The smallest absolute Gasteiger partial charge is 0.129 e. The summed E-state index contributed by atoms with van der Waals surface area (Å²) in [6.45, 7) is 0. The monoisotopic (exact) mass is 278 g/mol. The molecule has 0 spiro atoms. The molecule has 0 nitrogen and oxygen atoms in total. The van der Waals surface area contributed by atoms with Crippen molar-refractivity contribution in [1.82, 2.24) is 0 Å². The topological polar surface area (TPSA) is 0 Å². The number of hydrogen-bond acceptors (Lipinski definition) is 0. The molecule has 0 fully saturated rings. The van der Waals surface area contributed by atoms with E-state index in [1.54, 1.807) is 0 Å². The van der Waals surface area contributed by atoms with Crippen molar-refractivity contribution in [3.05, 3.63) is 70.8 Å². The van der Waals surface area contributed by atoms with Crippen molar-refractivity contribution in [3.8, 4) is 0 Å². The molecule has 98 valence electrons. The van der Waals surface area contributed by atoms with Gasteiger partial charge < -0.3 is 0 Å². The van der Waals surface area contributed by atoms with Crippen LogP contribution in [0.25, 0.3) is 0 Å². The van der Waals surface area contributed by atoms with Crippen LogP contribution in [0.4, 0.5) is 8.78 Å². The minimum Gasteiger partial charge on any atom is -0.207 e. The zero-order valence-corrected chi connectivity index (χ0v) is 11.0. The molecule has 2 aromatic carbocycles. The van der Waals surface area contributed by atoms with Crippen molar-refractivity contribution in [2.75, 3.05) is 0 Å². The van der Waals surface area contributed by atoms with E-state index in [9.17, 15) is 8.78 Å². The highest BCUT2D eigenvalue weighted by Crippen LogP contribution is 2.42. The third kappa shape index (κ3) is 2.25. The highest BCUT2D eigenvalue weighted by Gasteiger charge is 2.31. The summed E-state index contributed by atoms with van der Waals surface area (Å²) in [5.41, 5.74) is 2.42. The maximum absolute atomic E-state index is 13.7. The normalized spacial score (nSPS) is 21.4. The molecule has 3 heteroatoms. The highest BCUT2D eigenvalue weighted by molar-refractivity contribution is 6.21. The van der Waals surface area contributed by atoms with Gasteiger partial charge in [0.25, 0.3) is 0 Å². The Hall–Kier alpha value is -1.41. The Morgan fingerprint density at radius 1 is 1.00 bits per heavy atom. The van der Waals surface area contributed by atoms with Gasteiger partial charge in [0, 0.05) is 5.56 Å². The molecule has 2 unspecified atom stereocenters. The van der Waals surface area contributed by atoms with Gasteiger partial charge in [0.15, 0.2) is 0 Å². The molecule has 3 rings (SSSR count). The molecule has 0 saturated carbocycles. The Bertz CT molecular complexity index is 589. The van der Waals surface area contributed by atoms with Crippen molar-refractivity contribution in [3.63, 3.8) is 0 Å². The molecule has 1 aliphatic carbocycles. The van der Waals surface area contributed by atoms with Crippen molar-refractivity contribution in [2.24, 2.45) is 5.92 Å². The zero-order chi connectivity index (χ0) is 13.4. The number of hydrogen-bond donors (Lipinski definition) is 0. The molecule has 0 N–H and O–H groups in total. The van der Waals surface area contributed by atoms with Crippen LogP contribution in [-0.4, -0.2) is 0 Å². The molecule has 0 bridgehead atoms. The van der Waals surface area contributed by atoms with E-state index in [1.165, 1.54) is 23.8 Å². The van der Waals surface area contributed by atoms with Gasteiger partial charge in [-0.15, -0.1) is 11.6 Å². The number of rotatable bonds is 2. The maximum Gasteiger partial charge on any atom is 0.129 e. The lowest BCUT2D eigenvalue weighted by Gasteiger charge is -2.15. The second-order valence-electron chi connectivity index (χ2n) is 4.97. The first-order valence-electron chi connectivity index (χ1n) is 6.31. The Morgan fingerprint density at radius 2 is 1.68 bits per heavy atom. The van der Waals surface area contributed by atoms with E-state index in [1.807, 2.05) is 24.3 Å². The van der Waals surface area contributed by atoms with Crippen LogP contribution in [0.15, 0.2) is 42.5 Å². The third-order valence-corrected chi connectivity index (χ3v) is 4.37. The molecule has 1 aliphatic rings. The Labute approximate surface area is 116 Å². The lowest BCUT2D eigenvalue weighted by molar-refractivity contribution is 0.489. The highest BCUT2D eigenvalue weighted by atomic mass is 35.5. The standard InChI is InChI=1S/C16H13ClF2/c17-16-11(8-10-4-1-2-5-12(10)16)9-13-14(18)6-3-7-15(13)19/h1-7,11,16H,8-9H2. The second-order valence-corrected chi connectivity index (χ2v) is 5.44. The predicted octanol–water partition coefficient (Wildman–Crippen LogP) is 4.66. The fraction of sp³-hybridized carbons (Fsp3) is 0.250. The minimum absolute atomic E-state index is 0.0467. The molecule has 0 aliphatic heterocycles. The van der Waals surface area contributed by atoms with Gasteiger partial charge in [0.05, 0.1) is 5.38 Å². The number of halogens is 3. The number of alkyl halides is 1. The van der Waals surface area contributed by atoms with Crippen LogP contribution in [-0.2, 0) is 12.8 Å². The Kier molecular flexibility index (Phi) is 3.28. The first-order valence-corrected chi connectivity index (χ1v) is 6.75. The van der Waals surface area contributed by atoms with Crippen molar-refractivity contribution >= 4 is 11.6 Å². The second kappa shape index (κ2) is 4.93. The Morgan fingerprint density at radius 3 is 2.37 bits per heavy atom. The lowest BCUT2D eigenvalue weighted by atomic mass is 9.95. The summed E-state index contributed by atoms with van der Waals surface area (Å²) in [6, 6.07) is 11.9. The molecule has 0 heterocycles. The molecule has 0 amide bonds. The van der Waals surface area contributed by atoms with Crippen LogP contribution < -0.4 is 0 Å². The first kappa shape index (κ1) is 12.6. The van der Waals surface area contributed by atoms with Gasteiger partial charge in [-0.25, -0.2) is 8.78 Å². The van der Waals surface area contributed by atoms with Gasteiger partial charge in [-0.1, -0.05) is 30.3 Å². The summed E-state index contributed by atoms with van der Waals surface area (Å²) >= 11 is 6.42. The van der Waals surface area contributed by atoms with E-state index >= 15 is 0 Å². The van der Waals surface area contributed by atoms with Crippen molar-refractivity contribution in [2.45, 2.75) is 18.2 Å². The Balaban J connectivity index is 1.87. The van der Waals surface area contributed by atoms with Crippen LogP contribution in [0.1, 0.15) is 22.1 Å². The van der Waals surface area contributed by atoms with E-state index < -0.39 is 11.6 Å². The van der Waals surface area contributed by atoms with Crippen molar-refractivity contribution < 1.29 is 8.78 Å². The quantitative estimate of drug-likeness (QED) is 0.701. The molecular weight excluding hydrogens is 266 g/mol. The van der Waals surface area contributed by atoms with E-state index in [-0.39, 0.29) is 16.9 Å². The third-order valence-electron chi connectivity index (χ3n) is 3.78. The fourth-order valence-corrected chi connectivity index (χ4v) is 3.19. The summed E-state index contributed by atoms with van der Waals surface area (Å²) in [5.74, 6) is -0.926. The van der Waals surface area contributed by atoms with Crippen LogP contribution >= 0.6 is 11.6 Å². The summed E-state index contributed by atoms with van der Waals surface area (Å²) in [4.78, 5) is 0. The lowest BCUT2D eigenvalue weighted by Crippen LogP contribution is -2.09. The van der Waals surface area contributed by atoms with E-state index in [4.69, 9.17) is 11.6 Å². The summed E-state index contributed by atoms with van der Waals surface area (Å²) in [6.07, 6.45) is 1.11. The van der Waals surface area contributed by atoms with Gasteiger partial charge in [0.2, 0.25) is 0 Å². The number of fused-ring (bicyclic) bond motifs is 1. The minimum atomic E-state index is -0.486. The van der Waals surface area contributed by atoms with E-state index in [0.29, 0.717) is 6.42 Å². The zero-order valence-electron chi connectivity index (χ0n) is 10.2. The van der Waals surface area contributed by atoms with E-state index in [0.717, 1.165) is 12.0 Å².